The lowest BCUT2D eigenvalue weighted by molar-refractivity contribution is -0.0264. The molecule has 0 aliphatic carbocycles. The molecule has 1 fully saturated rings. The number of hydrogen-bond donors (Lipinski definition) is 1. The minimum Gasteiger partial charge on any atom is -0.403 e. The molecule has 1 aromatic carbocycles. The number of fused-ring (bicyclic) bond motifs is 1. The molecule has 2 aromatic rings. The van der Waals surface area contributed by atoms with E-state index in [1.807, 2.05) is 25.1 Å². The Morgan fingerprint density at radius 2 is 2.21 bits per heavy atom. The van der Waals surface area contributed by atoms with E-state index in [9.17, 15) is 14.2 Å². The Bertz CT molecular complexity index is 1150. The number of para-hydroxylation sites is 1. The Morgan fingerprint density at radius 3 is 3.00 bits per heavy atom. The lowest BCUT2D eigenvalue weighted by Gasteiger charge is -2.26. The topological polar surface area (TPSA) is 109 Å². The van der Waals surface area contributed by atoms with Crippen molar-refractivity contribution in [3.63, 3.8) is 0 Å². The predicted molar refractivity (Wildman–Crippen MR) is 103 cm³/mol. The summed E-state index contributed by atoms with van der Waals surface area (Å²) in [5.74, 6) is 2.74. The van der Waals surface area contributed by atoms with Crippen LogP contribution in [0.25, 0.3) is 0 Å². The monoisotopic (exact) mass is 418 g/mol. The largest absolute Gasteiger partial charge is 0.530 e. The SMILES string of the molecule is C#Cc1cn(C2CCC(COP3(=O)OCc4cccc(C)c4O3)O2)c(=O)[nH]c1=O. The summed E-state index contributed by atoms with van der Waals surface area (Å²) in [6.07, 6.45) is 6.59. The maximum atomic E-state index is 12.8. The van der Waals surface area contributed by atoms with Gasteiger partial charge in [-0.05, 0) is 25.3 Å². The number of rotatable bonds is 4. The highest BCUT2D eigenvalue weighted by molar-refractivity contribution is 7.49. The number of hydrogen-bond acceptors (Lipinski definition) is 7. The summed E-state index contributed by atoms with van der Waals surface area (Å²) in [5.41, 5.74) is 0.453. The second kappa shape index (κ2) is 7.65. The van der Waals surface area contributed by atoms with E-state index in [1.54, 1.807) is 0 Å². The van der Waals surface area contributed by atoms with Gasteiger partial charge < -0.3 is 9.26 Å². The molecule has 2 aliphatic rings. The quantitative estimate of drug-likeness (QED) is 0.599. The Labute approximate surface area is 166 Å². The fourth-order valence-electron chi connectivity index (χ4n) is 3.30. The summed E-state index contributed by atoms with van der Waals surface area (Å²) in [4.78, 5) is 25.8. The molecule has 3 atom stereocenters. The highest BCUT2D eigenvalue weighted by atomic mass is 31.2. The minimum absolute atomic E-state index is 0.0326. The molecule has 1 aromatic heterocycles. The van der Waals surface area contributed by atoms with Gasteiger partial charge in [0.2, 0.25) is 0 Å². The smallest absolute Gasteiger partial charge is 0.403 e. The number of phosphoric ester groups is 1. The fraction of sp³-hybridized carbons (Fsp3) is 0.368. The molecule has 10 heteroatoms. The van der Waals surface area contributed by atoms with Gasteiger partial charge in [0.25, 0.3) is 5.56 Å². The van der Waals surface area contributed by atoms with E-state index in [0.717, 1.165) is 11.1 Å². The van der Waals surface area contributed by atoms with Crippen LogP contribution in [0.15, 0.2) is 34.0 Å². The zero-order valence-electron chi connectivity index (χ0n) is 15.6. The number of nitrogens with zero attached hydrogens (tertiary/aromatic N) is 1. The van der Waals surface area contributed by atoms with Crippen LogP contribution >= 0.6 is 7.82 Å². The third kappa shape index (κ3) is 3.93. The van der Waals surface area contributed by atoms with Gasteiger partial charge in [-0.15, -0.1) is 6.42 Å². The first kappa shape index (κ1) is 19.7. The highest BCUT2D eigenvalue weighted by Crippen LogP contribution is 2.55. The lowest BCUT2D eigenvalue weighted by atomic mass is 10.1. The van der Waals surface area contributed by atoms with E-state index in [2.05, 4.69) is 10.9 Å². The van der Waals surface area contributed by atoms with Crippen LogP contribution in [0.5, 0.6) is 5.75 Å². The van der Waals surface area contributed by atoms with Crippen molar-refractivity contribution in [2.75, 3.05) is 6.61 Å². The first-order chi connectivity index (χ1) is 13.9. The molecule has 4 rings (SSSR count). The molecule has 0 amide bonds. The van der Waals surface area contributed by atoms with Gasteiger partial charge in [-0.1, -0.05) is 24.1 Å². The first-order valence-corrected chi connectivity index (χ1v) is 10.5. The van der Waals surface area contributed by atoms with Gasteiger partial charge in [0, 0.05) is 11.8 Å². The van der Waals surface area contributed by atoms with Crippen molar-refractivity contribution < 1.29 is 22.9 Å². The number of phosphoric acid groups is 1. The van der Waals surface area contributed by atoms with E-state index >= 15 is 0 Å². The van der Waals surface area contributed by atoms with E-state index in [-0.39, 0.29) is 18.8 Å². The molecule has 3 unspecified atom stereocenters. The second-order valence-electron chi connectivity index (χ2n) is 6.81. The zero-order valence-corrected chi connectivity index (χ0v) is 16.5. The van der Waals surface area contributed by atoms with Crippen molar-refractivity contribution in [1.29, 1.82) is 0 Å². The molecule has 0 radical (unpaired) electrons. The molecule has 0 saturated carbocycles. The predicted octanol–water partition coefficient (Wildman–Crippen LogP) is 2.24. The Hall–Kier alpha value is -2.63. The van der Waals surface area contributed by atoms with Crippen molar-refractivity contribution in [2.45, 2.75) is 38.7 Å². The van der Waals surface area contributed by atoms with Gasteiger partial charge in [-0.2, -0.15) is 0 Å². The number of aromatic amines is 1. The van der Waals surface area contributed by atoms with E-state index < -0.39 is 31.4 Å². The van der Waals surface area contributed by atoms with Crippen molar-refractivity contribution in [3.05, 3.63) is 61.9 Å². The molecule has 29 heavy (non-hydrogen) atoms. The first-order valence-electron chi connectivity index (χ1n) is 9.03. The normalized spacial score (nSPS) is 25.8. The molecule has 9 nitrogen and oxygen atoms in total. The third-order valence-corrected chi connectivity index (χ3v) is 6.13. The second-order valence-corrected chi connectivity index (χ2v) is 8.41. The van der Waals surface area contributed by atoms with Gasteiger partial charge >= 0.3 is 13.5 Å². The maximum Gasteiger partial charge on any atom is 0.530 e. The van der Waals surface area contributed by atoms with E-state index in [1.165, 1.54) is 10.8 Å². The summed E-state index contributed by atoms with van der Waals surface area (Å²) in [6.45, 7) is 1.95. The highest BCUT2D eigenvalue weighted by Gasteiger charge is 2.37. The molecule has 152 valence electrons. The van der Waals surface area contributed by atoms with Gasteiger partial charge in [-0.25, -0.2) is 9.36 Å². The summed E-state index contributed by atoms with van der Waals surface area (Å²) < 4.78 is 36.1. The molecule has 1 N–H and O–H groups in total. The lowest BCUT2D eigenvalue weighted by Crippen LogP contribution is -2.33. The molecule has 3 heterocycles. The van der Waals surface area contributed by atoms with Crippen molar-refractivity contribution >= 4 is 7.82 Å². The Kier molecular flexibility index (Phi) is 5.19. The fourth-order valence-corrected chi connectivity index (χ4v) is 4.61. The standard InChI is InChI=1S/C19H19N2O7P/c1-3-13-9-21(19(23)20-18(13)22)16-8-7-15(27-16)11-26-29(24)25-10-14-6-4-5-12(2)17(14)28-29/h1,4-6,9,15-16H,7-8,10-11H2,2H3,(H,20,22,23). The van der Waals surface area contributed by atoms with E-state index in [4.69, 9.17) is 24.7 Å². The number of aromatic nitrogens is 2. The van der Waals surface area contributed by atoms with Gasteiger partial charge in [-0.3, -0.25) is 23.4 Å². The number of aryl methyl sites for hydroxylation is 1. The van der Waals surface area contributed by atoms with Crippen LogP contribution < -0.4 is 15.8 Å². The summed E-state index contributed by atoms with van der Waals surface area (Å²) >= 11 is 0. The van der Waals surface area contributed by atoms with Crippen molar-refractivity contribution in [1.82, 2.24) is 9.55 Å². The molecule has 0 spiro atoms. The van der Waals surface area contributed by atoms with Gasteiger partial charge in [0.1, 0.15) is 17.5 Å². The molecular formula is C19H19N2O7P. The molecule has 0 bridgehead atoms. The Balaban J connectivity index is 1.41. The number of ether oxygens (including phenoxy) is 1. The molecule has 2 aliphatic heterocycles. The van der Waals surface area contributed by atoms with Crippen molar-refractivity contribution in [2.24, 2.45) is 0 Å². The number of benzene rings is 1. The van der Waals surface area contributed by atoms with E-state index in [0.29, 0.717) is 18.6 Å². The summed E-state index contributed by atoms with van der Waals surface area (Å²) in [5, 5.41) is 0. The number of nitrogens with one attached hydrogen (secondary N) is 1. The minimum atomic E-state index is -3.77. The van der Waals surface area contributed by atoms with Crippen LogP contribution in [0.1, 0.15) is 35.8 Å². The molecular weight excluding hydrogens is 399 g/mol. The van der Waals surface area contributed by atoms with Crippen molar-refractivity contribution in [3.8, 4) is 18.1 Å². The summed E-state index contributed by atoms with van der Waals surface area (Å²) in [7, 11) is -3.77. The number of H-pyrrole nitrogens is 1. The van der Waals surface area contributed by atoms with Crippen LogP contribution in [0.4, 0.5) is 0 Å². The zero-order chi connectivity index (χ0) is 20.6. The van der Waals surface area contributed by atoms with Gasteiger partial charge in [0.05, 0.1) is 19.3 Å². The molecule has 1 saturated heterocycles. The van der Waals surface area contributed by atoms with Crippen LogP contribution in [0, 0.1) is 19.3 Å². The third-order valence-electron chi connectivity index (χ3n) is 4.81. The van der Waals surface area contributed by atoms with Crippen LogP contribution in [0.3, 0.4) is 0 Å². The van der Waals surface area contributed by atoms with Gasteiger partial charge in [0.15, 0.2) is 0 Å². The average molecular weight is 418 g/mol. The average Bonchev–Trinajstić information content (AvgIpc) is 3.16. The van der Waals surface area contributed by atoms with Crippen LogP contribution in [-0.4, -0.2) is 22.3 Å². The van der Waals surface area contributed by atoms with Crippen LogP contribution in [-0.2, 0) is 25.0 Å². The Morgan fingerprint density at radius 1 is 1.38 bits per heavy atom. The maximum absolute atomic E-state index is 12.8. The van der Waals surface area contributed by atoms with Crippen LogP contribution in [0.2, 0.25) is 0 Å². The summed E-state index contributed by atoms with van der Waals surface area (Å²) in [6, 6.07) is 5.56. The number of terminal acetylenes is 1.